The molecule has 0 spiro atoms. The number of carbonyl (C=O) groups excluding carboxylic acids is 1. The minimum absolute atomic E-state index is 0.168. The van der Waals surface area contributed by atoms with Crippen LogP contribution in [0.1, 0.15) is 26.3 Å². The molecule has 1 N–H and O–H groups in total. The molecule has 1 heterocycles. The molecule has 0 bridgehead atoms. The Hall–Kier alpha value is -1.98. The zero-order chi connectivity index (χ0) is 14.6. The van der Waals surface area contributed by atoms with Crippen molar-refractivity contribution in [2.45, 2.75) is 38.8 Å². The molecule has 0 aromatic carbocycles. The number of likely N-dealkylation sites (N-methyl/N-ethyl adjacent to an activating group) is 1. The van der Waals surface area contributed by atoms with Crippen LogP contribution in [0, 0.1) is 0 Å². The Bertz CT molecular complexity index is 432. The molecule has 106 valence electrons. The molecule has 0 aliphatic carbocycles. The Labute approximate surface area is 112 Å². The highest BCUT2D eigenvalue weighted by molar-refractivity contribution is 5.80. The van der Waals surface area contributed by atoms with Gasteiger partial charge in [0.15, 0.2) is 0 Å². The Morgan fingerprint density at radius 2 is 2.11 bits per heavy atom. The lowest BCUT2D eigenvalue weighted by atomic mass is 10.1. The van der Waals surface area contributed by atoms with E-state index in [0.717, 1.165) is 4.90 Å². The predicted octanol–water partition coefficient (Wildman–Crippen LogP) is 2.14. The van der Waals surface area contributed by atoms with E-state index >= 15 is 0 Å². The van der Waals surface area contributed by atoms with Crippen LogP contribution in [0.4, 0.5) is 4.79 Å². The topological polar surface area (TPSA) is 80.0 Å². The van der Waals surface area contributed by atoms with Crippen LogP contribution in [0.3, 0.4) is 0 Å². The fourth-order valence-electron chi connectivity index (χ4n) is 1.48. The van der Waals surface area contributed by atoms with Gasteiger partial charge in [-0.2, -0.15) is 0 Å². The number of nitrogens with zero attached hydrogens (tertiary/aromatic N) is 1. The summed E-state index contributed by atoms with van der Waals surface area (Å²) in [6, 6.07) is 0.672. The van der Waals surface area contributed by atoms with Crippen LogP contribution in [0.5, 0.6) is 0 Å². The number of hydrogen-bond donors (Lipinski definition) is 1. The van der Waals surface area contributed by atoms with Gasteiger partial charge in [-0.1, -0.05) is 0 Å². The third-order valence-corrected chi connectivity index (χ3v) is 2.44. The quantitative estimate of drug-likeness (QED) is 0.905. The van der Waals surface area contributed by atoms with Crippen molar-refractivity contribution >= 4 is 12.1 Å². The smallest absolute Gasteiger partial charge is 0.410 e. The zero-order valence-electron chi connectivity index (χ0n) is 11.5. The summed E-state index contributed by atoms with van der Waals surface area (Å²) in [4.78, 5) is 24.2. The first-order chi connectivity index (χ1) is 8.70. The van der Waals surface area contributed by atoms with Crippen LogP contribution in [0.25, 0.3) is 0 Å². The molecular formula is C13H19NO5. The number of amides is 1. The Morgan fingerprint density at radius 3 is 2.53 bits per heavy atom. The average molecular weight is 269 g/mol. The van der Waals surface area contributed by atoms with Gasteiger partial charge in [-0.3, -0.25) is 4.90 Å². The second kappa shape index (κ2) is 5.77. The number of carboxylic acid groups (broad SMARTS) is 1. The monoisotopic (exact) mass is 269 g/mol. The first-order valence-electron chi connectivity index (χ1n) is 5.90. The van der Waals surface area contributed by atoms with E-state index in [4.69, 9.17) is 9.15 Å². The SMILES string of the molecule is CN(C(=O)OC(C)(C)C)C(Cc1ccoc1)C(=O)O. The third-order valence-electron chi connectivity index (χ3n) is 2.44. The highest BCUT2D eigenvalue weighted by Gasteiger charge is 2.30. The van der Waals surface area contributed by atoms with E-state index in [9.17, 15) is 14.7 Å². The van der Waals surface area contributed by atoms with Gasteiger partial charge in [-0.15, -0.1) is 0 Å². The van der Waals surface area contributed by atoms with Gasteiger partial charge in [0.25, 0.3) is 0 Å². The van der Waals surface area contributed by atoms with Crippen LogP contribution in [0.15, 0.2) is 23.0 Å². The first-order valence-corrected chi connectivity index (χ1v) is 5.90. The molecule has 0 aliphatic rings. The van der Waals surface area contributed by atoms with Crippen LogP contribution >= 0.6 is 0 Å². The first kappa shape index (κ1) is 15.1. The fraction of sp³-hybridized carbons (Fsp3) is 0.538. The van der Waals surface area contributed by atoms with E-state index in [1.54, 1.807) is 26.8 Å². The van der Waals surface area contributed by atoms with E-state index in [2.05, 4.69) is 0 Å². The molecular weight excluding hydrogens is 250 g/mol. The number of rotatable bonds is 4. The summed E-state index contributed by atoms with van der Waals surface area (Å²) in [7, 11) is 1.41. The van der Waals surface area contributed by atoms with E-state index in [1.165, 1.54) is 19.6 Å². The molecule has 0 saturated carbocycles. The minimum atomic E-state index is -1.09. The maximum atomic E-state index is 11.8. The highest BCUT2D eigenvalue weighted by Crippen LogP contribution is 2.14. The van der Waals surface area contributed by atoms with Gasteiger partial charge in [-0.05, 0) is 32.4 Å². The molecule has 0 fully saturated rings. The second-order valence-electron chi connectivity index (χ2n) is 5.28. The van der Waals surface area contributed by atoms with Gasteiger partial charge in [0.1, 0.15) is 11.6 Å². The molecule has 1 rings (SSSR count). The number of carboxylic acids is 1. The summed E-state index contributed by atoms with van der Waals surface area (Å²) < 4.78 is 10.0. The molecule has 19 heavy (non-hydrogen) atoms. The molecule has 1 aromatic rings. The lowest BCUT2D eigenvalue weighted by molar-refractivity contribution is -0.142. The normalized spacial score (nSPS) is 12.8. The van der Waals surface area contributed by atoms with Crippen molar-refractivity contribution in [2.24, 2.45) is 0 Å². The van der Waals surface area contributed by atoms with Crippen LogP contribution < -0.4 is 0 Å². The van der Waals surface area contributed by atoms with Crippen molar-refractivity contribution in [3.63, 3.8) is 0 Å². The van der Waals surface area contributed by atoms with Gasteiger partial charge in [-0.25, -0.2) is 9.59 Å². The van der Waals surface area contributed by atoms with E-state index < -0.39 is 23.7 Å². The number of furan rings is 1. The lowest BCUT2D eigenvalue weighted by Crippen LogP contribution is -2.45. The molecule has 1 atom stereocenters. The number of hydrogen-bond acceptors (Lipinski definition) is 4. The van der Waals surface area contributed by atoms with Gasteiger partial charge >= 0.3 is 12.1 Å². The van der Waals surface area contributed by atoms with Crippen molar-refractivity contribution < 1.29 is 23.8 Å². The summed E-state index contributed by atoms with van der Waals surface area (Å²) in [5, 5.41) is 9.21. The largest absolute Gasteiger partial charge is 0.480 e. The second-order valence-corrected chi connectivity index (χ2v) is 5.28. The van der Waals surface area contributed by atoms with Crippen LogP contribution in [0.2, 0.25) is 0 Å². The third kappa shape index (κ3) is 4.65. The van der Waals surface area contributed by atoms with Gasteiger partial charge in [0, 0.05) is 13.5 Å². The number of ether oxygens (including phenoxy) is 1. The standard InChI is InChI=1S/C13H19NO5/c1-13(2,3)19-12(17)14(4)10(11(15)16)7-9-5-6-18-8-9/h5-6,8,10H,7H2,1-4H3,(H,15,16). The van der Waals surface area contributed by atoms with Gasteiger partial charge < -0.3 is 14.3 Å². The summed E-state index contributed by atoms with van der Waals surface area (Å²) in [5.74, 6) is -1.09. The van der Waals surface area contributed by atoms with E-state index in [1.807, 2.05) is 0 Å². The Kier molecular flexibility index (Phi) is 4.58. The molecule has 0 radical (unpaired) electrons. The molecule has 0 saturated heterocycles. The van der Waals surface area contributed by atoms with Crippen LogP contribution in [-0.4, -0.2) is 40.8 Å². The maximum Gasteiger partial charge on any atom is 0.410 e. The maximum absolute atomic E-state index is 11.8. The number of carbonyl (C=O) groups is 2. The molecule has 0 aliphatic heterocycles. The van der Waals surface area contributed by atoms with E-state index in [-0.39, 0.29) is 6.42 Å². The fourth-order valence-corrected chi connectivity index (χ4v) is 1.48. The molecule has 1 amide bonds. The Balaban J connectivity index is 2.76. The molecule has 1 unspecified atom stereocenters. The summed E-state index contributed by atoms with van der Waals surface area (Å²) in [5.41, 5.74) is 0.0483. The van der Waals surface area contributed by atoms with Crippen molar-refractivity contribution in [1.82, 2.24) is 4.90 Å². The van der Waals surface area contributed by atoms with Crippen molar-refractivity contribution in [3.05, 3.63) is 24.2 Å². The van der Waals surface area contributed by atoms with Gasteiger partial charge in [0.05, 0.1) is 12.5 Å². The minimum Gasteiger partial charge on any atom is -0.480 e. The van der Waals surface area contributed by atoms with Crippen molar-refractivity contribution in [2.75, 3.05) is 7.05 Å². The highest BCUT2D eigenvalue weighted by atomic mass is 16.6. The number of aliphatic carboxylic acids is 1. The summed E-state index contributed by atoms with van der Waals surface area (Å²) in [6.07, 6.45) is 2.42. The summed E-state index contributed by atoms with van der Waals surface area (Å²) >= 11 is 0. The Morgan fingerprint density at radius 1 is 1.47 bits per heavy atom. The zero-order valence-corrected chi connectivity index (χ0v) is 11.5. The van der Waals surface area contributed by atoms with Crippen LogP contribution in [-0.2, 0) is 16.0 Å². The molecule has 6 heteroatoms. The van der Waals surface area contributed by atoms with E-state index in [0.29, 0.717) is 5.56 Å². The van der Waals surface area contributed by atoms with Crippen molar-refractivity contribution in [1.29, 1.82) is 0 Å². The predicted molar refractivity (Wildman–Crippen MR) is 67.8 cm³/mol. The molecule has 1 aromatic heterocycles. The molecule has 6 nitrogen and oxygen atoms in total. The van der Waals surface area contributed by atoms with Gasteiger partial charge in [0.2, 0.25) is 0 Å². The summed E-state index contributed by atoms with van der Waals surface area (Å²) in [6.45, 7) is 5.18. The van der Waals surface area contributed by atoms with Crippen molar-refractivity contribution in [3.8, 4) is 0 Å². The lowest BCUT2D eigenvalue weighted by Gasteiger charge is -2.28. The average Bonchev–Trinajstić information content (AvgIpc) is 2.74.